The molecule has 0 unspecified atom stereocenters. The Balaban J connectivity index is 1.91. The van der Waals surface area contributed by atoms with Gasteiger partial charge in [0.25, 0.3) is 0 Å². The number of nitrogens with one attached hydrogen (secondary N) is 1. The molecule has 2 rings (SSSR count). The number of hydrogen-bond donors (Lipinski definition) is 1. The molecular formula is C13H18N6O2. The number of rotatable bonds is 7. The van der Waals surface area contributed by atoms with Gasteiger partial charge in [-0.25, -0.2) is 4.98 Å². The van der Waals surface area contributed by atoms with E-state index in [2.05, 4.69) is 44.2 Å². The molecule has 0 atom stereocenters. The van der Waals surface area contributed by atoms with Crippen LogP contribution >= 0.6 is 0 Å². The highest BCUT2D eigenvalue weighted by molar-refractivity contribution is 5.89. The zero-order valence-corrected chi connectivity index (χ0v) is 12.1. The molecule has 112 valence electrons. The molecule has 0 fully saturated rings. The van der Waals surface area contributed by atoms with Crippen molar-refractivity contribution in [3.05, 3.63) is 24.5 Å². The van der Waals surface area contributed by atoms with Gasteiger partial charge in [-0.2, -0.15) is 4.98 Å². The predicted octanol–water partition coefficient (Wildman–Crippen LogP) is 0.598. The van der Waals surface area contributed by atoms with E-state index < -0.39 is 0 Å². The van der Waals surface area contributed by atoms with E-state index >= 15 is 0 Å². The van der Waals surface area contributed by atoms with E-state index in [1.807, 2.05) is 0 Å². The number of likely N-dealkylation sites (N-methyl/N-ethyl adjacent to an activating group) is 1. The second-order valence-corrected chi connectivity index (χ2v) is 4.30. The van der Waals surface area contributed by atoms with E-state index in [0.717, 1.165) is 19.6 Å². The van der Waals surface area contributed by atoms with Crippen LogP contribution in [-0.4, -0.2) is 57.1 Å². The number of carbonyl (C=O) groups excluding carboxylic acids is 1. The van der Waals surface area contributed by atoms with E-state index in [1.165, 1.54) is 12.4 Å². The smallest absolute Gasteiger partial charge is 0.316 e. The average molecular weight is 290 g/mol. The predicted molar refractivity (Wildman–Crippen MR) is 75.4 cm³/mol. The Bertz CT molecular complexity index is 567. The molecule has 21 heavy (non-hydrogen) atoms. The molecule has 0 bridgehead atoms. The van der Waals surface area contributed by atoms with E-state index in [9.17, 15) is 4.79 Å². The number of carbonyl (C=O) groups is 1. The molecule has 0 saturated carbocycles. The van der Waals surface area contributed by atoms with Crippen LogP contribution in [0.3, 0.4) is 0 Å². The topological polar surface area (TPSA) is 97.0 Å². The number of hydrogen-bond acceptors (Lipinski definition) is 7. The maximum atomic E-state index is 11.9. The lowest BCUT2D eigenvalue weighted by Gasteiger charge is -2.17. The highest BCUT2D eigenvalue weighted by atomic mass is 16.5. The van der Waals surface area contributed by atoms with Gasteiger partial charge < -0.3 is 14.7 Å². The van der Waals surface area contributed by atoms with Crippen LogP contribution in [-0.2, 0) is 0 Å². The van der Waals surface area contributed by atoms with Crippen LogP contribution in [0, 0.1) is 0 Å². The Morgan fingerprint density at radius 3 is 2.81 bits per heavy atom. The zero-order valence-electron chi connectivity index (χ0n) is 12.1. The molecule has 0 spiro atoms. The van der Waals surface area contributed by atoms with Gasteiger partial charge in [0.2, 0.25) is 5.82 Å². The maximum Gasteiger partial charge on any atom is 0.316 e. The Labute approximate surface area is 122 Å². The lowest BCUT2D eigenvalue weighted by molar-refractivity contribution is 0.0905. The van der Waals surface area contributed by atoms with Crippen LogP contribution in [0.15, 0.2) is 23.1 Å². The van der Waals surface area contributed by atoms with Gasteiger partial charge in [0, 0.05) is 25.5 Å². The lowest BCUT2D eigenvalue weighted by atomic mass is 10.4. The van der Waals surface area contributed by atoms with Gasteiger partial charge in [-0.3, -0.25) is 9.78 Å². The first-order valence-electron chi connectivity index (χ1n) is 6.85. The van der Waals surface area contributed by atoms with Crippen molar-refractivity contribution in [2.45, 2.75) is 13.8 Å². The Kier molecular flexibility index (Phi) is 5.33. The highest BCUT2D eigenvalue weighted by Gasteiger charge is 2.16. The van der Waals surface area contributed by atoms with Gasteiger partial charge >= 0.3 is 11.8 Å². The van der Waals surface area contributed by atoms with Crippen LogP contribution in [0.4, 0.5) is 0 Å². The molecule has 0 aliphatic heterocycles. The monoisotopic (exact) mass is 290 g/mol. The minimum absolute atomic E-state index is 0.0739. The van der Waals surface area contributed by atoms with Crippen LogP contribution in [0.5, 0.6) is 0 Å². The van der Waals surface area contributed by atoms with Crippen LogP contribution in [0.25, 0.3) is 11.5 Å². The standard InChI is InChI=1S/C13H18N6O2/c1-3-19(4-2)8-7-16-12(20)13-17-11(18-21-13)10-9-14-5-6-15-10/h5-6,9H,3-4,7-8H2,1-2H3,(H,16,20). The van der Waals surface area contributed by atoms with Crippen molar-refractivity contribution in [3.8, 4) is 11.5 Å². The zero-order chi connectivity index (χ0) is 15.1. The van der Waals surface area contributed by atoms with E-state index in [0.29, 0.717) is 12.2 Å². The van der Waals surface area contributed by atoms with Gasteiger partial charge in [-0.1, -0.05) is 19.0 Å². The fraction of sp³-hybridized carbons (Fsp3) is 0.462. The van der Waals surface area contributed by atoms with Crippen molar-refractivity contribution in [1.82, 2.24) is 30.3 Å². The molecule has 0 radical (unpaired) electrons. The van der Waals surface area contributed by atoms with Gasteiger partial charge in [0.15, 0.2) is 0 Å². The molecular weight excluding hydrogens is 272 g/mol. The second kappa shape index (κ2) is 7.44. The molecule has 2 aromatic heterocycles. The van der Waals surface area contributed by atoms with Crippen LogP contribution < -0.4 is 5.32 Å². The SMILES string of the molecule is CCN(CC)CCNC(=O)c1nc(-c2cnccn2)no1. The molecule has 1 amide bonds. The lowest BCUT2D eigenvalue weighted by Crippen LogP contribution is -2.34. The van der Waals surface area contributed by atoms with Gasteiger partial charge in [-0.05, 0) is 13.1 Å². The molecule has 2 aromatic rings. The Morgan fingerprint density at radius 1 is 1.33 bits per heavy atom. The molecule has 8 heteroatoms. The minimum Gasteiger partial charge on any atom is -0.347 e. The first-order chi connectivity index (χ1) is 10.2. The first kappa shape index (κ1) is 15.0. The summed E-state index contributed by atoms with van der Waals surface area (Å²) in [6, 6.07) is 0. The summed E-state index contributed by atoms with van der Waals surface area (Å²) in [7, 11) is 0. The van der Waals surface area contributed by atoms with Crippen LogP contribution in [0.1, 0.15) is 24.5 Å². The van der Waals surface area contributed by atoms with Crippen molar-refractivity contribution >= 4 is 5.91 Å². The summed E-state index contributed by atoms with van der Waals surface area (Å²) in [5, 5.41) is 6.47. The molecule has 0 aliphatic rings. The first-order valence-corrected chi connectivity index (χ1v) is 6.85. The Morgan fingerprint density at radius 2 is 2.14 bits per heavy atom. The molecule has 2 heterocycles. The molecule has 8 nitrogen and oxygen atoms in total. The molecule has 0 aliphatic carbocycles. The third kappa shape index (κ3) is 4.06. The minimum atomic E-state index is -0.384. The van der Waals surface area contributed by atoms with E-state index in [4.69, 9.17) is 4.52 Å². The molecule has 0 saturated heterocycles. The molecule has 0 aromatic carbocycles. The van der Waals surface area contributed by atoms with Crippen molar-refractivity contribution in [2.24, 2.45) is 0 Å². The number of aromatic nitrogens is 4. The van der Waals surface area contributed by atoms with Gasteiger partial charge in [0.05, 0.1) is 6.20 Å². The van der Waals surface area contributed by atoms with Gasteiger partial charge in [0.1, 0.15) is 5.69 Å². The maximum absolute atomic E-state index is 11.9. The molecule has 1 N–H and O–H groups in total. The Hall–Kier alpha value is -2.35. The van der Waals surface area contributed by atoms with Gasteiger partial charge in [-0.15, -0.1) is 0 Å². The van der Waals surface area contributed by atoms with E-state index in [1.54, 1.807) is 6.20 Å². The fourth-order valence-electron chi connectivity index (χ4n) is 1.78. The quantitative estimate of drug-likeness (QED) is 0.797. The van der Waals surface area contributed by atoms with Crippen molar-refractivity contribution in [3.63, 3.8) is 0 Å². The summed E-state index contributed by atoms with van der Waals surface area (Å²) in [4.78, 5) is 26.1. The van der Waals surface area contributed by atoms with Crippen molar-refractivity contribution < 1.29 is 9.32 Å². The normalized spacial score (nSPS) is 10.8. The summed E-state index contributed by atoms with van der Waals surface area (Å²) >= 11 is 0. The number of nitrogens with zero attached hydrogens (tertiary/aromatic N) is 5. The number of amides is 1. The fourth-order valence-corrected chi connectivity index (χ4v) is 1.78. The van der Waals surface area contributed by atoms with Crippen molar-refractivity contribution in [2.75, 3.05) is 26.2 Å². The van der Waals surface area contributed by atoms with Crippen molar-refractivity contribution in [1.29, 1.82) is 0 Å². The second-order valence-electron chi connectivity index (χ2n) is 4.30. The third-order valence-electron chi connectivity index (χ3n) is 3.02. The summed E-state index contributed by atoms with van der Waals surface area (Å²) in [6.45, 7) is 7.37. The highest BCUT2D eigenvalue weighted by Crippen LogP contribution is 2.10. The van der Waals surface area contributed by atoms with Crippen LogP contribution in [0.2, 0.25) is 0 Å². The summed E-state index contributed by atoms with van der Waals surface area (Å²) in [5.41, 5.74) is 0.462. The average Bonchev–Trinajstić information content (AvgIpc) is 3.02. The largest absolute Gasteiger partial charge is 0.347 e. The summed E-state index contributed by atoms with van der Waals surface area (Å²) in [5.74, 6) is -0.211. The third-order valence-corrected chi connectivity index (χ3v) is 3.02. The summed E-state index contributed by atoms with van der Waals surface area (Å²) in [6.07, 6.45) is 4.58. The van der Waals surface area contributed by atoms with E-state index in [-0.39, 0.29) is 17.6 Å². The summed E-state index contributed by atoms with van der Waals surface area (Å²) < 4.78 is 4.94.